The van der Waals surface area contributed by atoms with Gasteiger partial charge in [-0.15, -0.1) is 0 Å². The number of rotatable bonds is 4. The van der Waals surface area contributed by atoms with Crippen molar-refractivity contribution >= 4 is 17.7 Å². The van der Waals surface area contributed by atoms with Gasteiger partial charge in [-0.3, -0.25) is 0 Å². The SMILES string of the molecule is CCO/C=C/c1cnc(OC)cc1Cl. The molecule has 1 heterocycles. The average Bonchev–Trinajstić information content (AvgIpc) is 2.20. The van der Waals surface area contributed by atoms with Crippen LogP contribution in [-0.4, -0.2) is 18.7 Å². The minimum Gasteiger partial charge on any atom is -0.501 e. The zero-order chi connectivity index (χ0) is 10.4. The molecule has 1 aromatic heterocycles. The van der Waals surface area contributed by atoms with Gasteiger partial charge in [-0.1, -0.05) is 11.6 Å². The van der Waals surface area contributed by atoms with Crippen molar-refractivity contribution in [2.24, 2.45) is 0 Å². The van der Waals surface area contributed by atoms with E-state index in [0.29, 0.717) is 17.5 Å². The molecular weight excluding hydrogens is 202 g/mol. The molecule has 4 heteroatoms. The van der Waals surface area contributed by atoms with E-state index >= 15 is 0 Å². The van der Waals surface area contributed by atoms with Crippen LogP contribution in [0.5, 0.6) is 5.88 Å². The Balaban J connectivity index is 2.78. The van der Waals surface area contributed by atoms with E-state index < -0.39 is 0 Å². The number of halogens is 1. The van der Waals surface area contributed by atoms with Crippen LogP contribution in [0.2, 0.25) is 5.02 Å². The summed E-state index contributed by atoms with van der Waals surface area (Å²) in [7, 11) is 1.55. The Bertz CT molecular complexity index is 326. The van der Waals surface area contributed by atoms with Crippen molar-refractivity contribution in [3.05, 3.63) is 29.1 Å². The molecular formula is C10H12ClNO2. The van der Waals surface area contributed by atoms with E-state index in [1.165, 1.54) is 0 Å². The fraction of sp³-hybridized carbons (Fsp3) is 0.300. The molecule has 0 spiro atoms. The number of hydrogen-bond donors (Lipinski definition) is 0. The molecule has 0 aliphatic rings. The summed E-state index contributed by atoms with van der Waals surface area (Å²) >= 11 is 5.96. The fourth-order valence-corrected chi connectivity index (χ4v) is 1.08. The number of methoxy groups -OCH3 is 1. The van der Waals surface area contributed by atoms with Gasteiger partial charge in [0.05, 0.1) is 25.0 Å². The van der Waals surface area contributed by atoms with Crippen molar-refractivity contribution in [3.8, 4) is 5.88 Å². The second kappa shape index (κ2) is 5.50. The summed E-state index contributed by atoms with van der Waals surface area (Å²) in [5.41, 5.74) is 0.806. The van der Waals surface area contributed by atoms with Crippen molar-refractivity contribution in [2.75, 3.05) is 13.7 Å². The molecule has 76 valence electrons. The number of hydrogen-bond acceptors (Lipinski definition) is 3. The first-order chi connectivity index (χ1) is 6.77. The third kappa shape index (κ3) is 2.92. The maximum Gasteiger partial charge on any atom is 0.214 e. The second-order valence-electron chi connectivity index (χ2n) is 2.51. The molecule has 0 unspecified atom stereocenters. The van der Waals surface area contributed by atoms with E-state index in [-0.39, 0.29) is 0 Å². The molecule has 0 fully saturated rings. The molecule has 0 amide bonds. The number of nitrogens with zero attached hydrogens (tertiary/aromatic N) is 1. The summed E-state index contributed by atoms with van der Waals surface area (Å²) in [6, 6.07) is 1.66. The van der Waals surface area contributed by atoms with Gasteiger partial charge in [0, 0.05) is 17.8 Å². The van der Waals surface area contributed by atoms with Crippen LogP contribution >= 0.6 is 11.6 Å². The van der Waals surface area contributed by atoms with Crippen LogP contribution in [0, 0.1) is 0 Å². The van der Waals surface area contributed by atoms with E-state index in [4.69, 9.17) is 21.1 Å². The van der Waals surface area contributed by atoms with Crippen molar-refractivity contribution in [1.29, 1.82) is 0 Å². The molecule has 1 rings (SSSR count). The zero-order valence-electron chi connectivity index (χ0n) is 8.16. The van der Waals surface area contributed by atoms with E-state index in [9.17, 15) is 0 Å². The van der Waals surface area contributed by atoms with E-state index in [2.05, 4.69) is 4.98 Å². The van der Waals surface area contributed by atoms with Crippen LogP contribution in [0.3, 0.4) is 0 Å². The highest BCUT2D eigenvalue weighted by molar-refractivity contribution is 6.32. The molecule has 0 aromatic carbocycles. The summed E-state index contributed by atoms with van der Waals surface area (Å²) in [5.74, 6) is 0.503. The third-order valence-corrected chi connectivity index (χ3v) is 1.90. The Morgan fingerprint density at radius 2 is 2.36 bits per heavy atom. The Morgan fingerprint density at radius 1 is 1.57 bits per heavy atom. The van der Waals surface area contributed by atoms with Gasteiger partial charge in [0.1, 0.15) is 0 Å². The molecule has 0 N–H and O–H groups in total. The molecule has 0 bridgehead atoms. The maximum absolute atomic E-state index is 5.96. The van der Waals surface area contributed by atoms with Gasteiger partial charge in [-0.05, 0) is 13.0 Å². The van der Waals surface area contributed by atoms with Crippen LogP contribution in [0.15, 0.2) is 18.5 Å². The van der Waals surface area contributed by atoms with E-state index in [1.54, 1.807) is 31.7 Å². The lowest BCUT2D eigenvalue weighted by Crippen LogP contribution is -1.88. The summed E-state index contributed by atoms with van der Waals surface area (Å²) in [6.07, 6.45) is 4.99. The van der Waals surface area contributed by atoms with Crippen molar-refractivity contribution in [1.82, 2.24) is 4.98 Å². The van der Waals surface area contributed by atoms with Gasteiger partial charge in [-0.2, -0.15) is 0 Å². The smallest absolute Gasteiger partial charge is 0.214 e. The molecule has 14 heavy (non-hydrogen) atoms. The van der Waals surface area contributed by atoms with Gasteiger partial charge in [-0.25, -0.2) is 4.98 Å². The lowest BCUT2D eigenvalue weighted by molar-refractivity contribution is 0.272. The van der Waals surface area contributed by atoms with Gasteiger partial charge in [0.2, 0.25) is 5.88 Å². The first-order valence-electron chi connectivity index (χ1n) is 4.25. The second-order valence-corrected chi connectivity index (χ2v) is 2.91. The fourth-order valence-electron chi connectivity index (χ4n) is 0.876. The summed E-state index contributed by atoms with van der Waals surface area (Å²) in [5, 5.41) is 0.591. The summed E-state index contributed by atoms with van der Waals surface area (Å²) < 4.78 is 9.98. The zero-order valence-corrected chi connectivity index (χ0v) is 8.91. The highest BCUT2D eigenvalue weighted by atomic mass is 35.5. The van der Waals surface area contributed by atoms with E-state index in [1.807, 2.05) is 6.92 Å². The average molecular weight is 214 g/mol. The predicted octanol–water partition coefficient (Wildman–Crippen LogP) is 2.75. The Hall–Kier alpha value is -1.22. The number of aromatic nitrogens is 1. The quantitative estimate of drug-likeness (QED) is 0.721. The monoisotopic (exact) mass is 213 g/mol. The maximum atomic E-state index is 5.96. The standard InChI is InChI=1S/C10H12ClNO2/c1-3-14-5-4-8-7-12-10(13-2)6-9(8)11/h4-7H,3H2,1-2H3/b5-4+. The molecule has 0 atom stereocenters. The van der Waals surface area contributed by atoms with Crippen LogP contribution in [0.4, 0.5) is 0 Å². The third-order valence-electron chi connectivity index (χ3n) is 1.58. The first-order valence-corrected chi connectivity index (χ1v) is 4.63. The van der Waals surface area contributed by atoms with Gasteiger partial charge >= 0.3 is 0 Å². The molecule has 0 aliphatic heterocycles. The molecule has 0 saturated heterocycles. The molecule has 0 saturated carbocycles. The van der Waals surface area contributed by atoms with Crippen molar-refractivity contribution in [3.63, 3.8) is 0 Å². The summed E-state index contributed by atoms with van der Waals surface area (Å²) in [4.78, 5) is 4.02. The molecule has 3 nitrogen and oxygen atoms in total. The topological polar surface area (TPSA) is 31.4 Å². The van der Waals surface area contributed by atoms with Crippen molar-refractivity contribution < 1.29 is 9.47 Å². The van der Waals surface area contributed by atoms with Gasteiger partial charge < -0.3 is 9.47 Å². The Labute approximate surface area is 88.3 Å². The Kier molecular flexibility index (Phi) is 4.26. The predicted molar refractivity (Wildman–Crippen MR) is 56.5 cm³/mol. The number of ether oxygens (including phenoxy) is 2. The lowest BCUT2D eigenvalue weighted by Gasteiger charge is -2.01. The molecule has 0 radical (unpaired) electrons. The Morgan fingerprint density at radius 3 is 2.93 bits per heavy atom. The summed E-state index contributed by atoms with van der Waals surface area (Å²) in [6.45, 7) is 2.55. The first kappa shape index (κ1) is 10.9. The van der Waals surface area contributed by atoms with Crippen LogP contribution < -0.4 is 4.74 Å². The number of pyridine rings is 1. The highest BCUT2D eigenvalue weighted by Crippen LogP contribution is 2.20. The lowest BCUT2D eigenvalue weighted by atomic mass is 10.3. The van der Waals surface area contributed by atoms with Crippen LogP contribution in [-0.2, 0) is 4.74 Å². The minimum absolute atomic E-state index is 0.503. The van der Waals surface area contributed by atoms with Gasteiger partial charge in [0.25, 0.3) is 0 Å². The van der Waals surface area contributed by atoms with Gasteiger partial charge in [0.15, 0.2) is 0 Å². The van der Waals surface area contributed by atoms with E-state index in [0.717, 1.165) is 5.56 Å². The minimum atomic E-state index is 0.503. The van der Waals surface area contributed by atoms with Crippen molar-refractivity contribution in [2.45, 2.75) is 6.92 Å². The molecule has 0 aliphatic carbocycles. The van der Waals surface area contributed by atoms with Crippen LogP contribution in [0.25, 0.3) is 6.08 Å². The normalized spacial score (nSPS) is 10.5. The highest BCUT2D eigenvalue weighted by Gasteiger charge is 1.99. The van der Waals surface area contributed by atoms with Crippen LogP contribution in [0.1, 0.15) is 12.5 Å². The molecule has 1 aromatic rings. The largest absolute Gasteiger partial charge is 0.501 e.